The minimum atomic E-state index is -0.433. The Hall–Kier alpha value is -2.74. The van der Waals surface area contributed by atoms with E-state index in [4.69, 9.17) is 0 Å². The number of benzene rings is 1. The van der Waals surface area contributed by atoms with Gasteiger partial charge in [0.25, 0.3) is 11.5 Å². The van der Waals surface area contributed by atoms with Gasteiger partial charge in [0.05, 0.1) is 0 Å². The van der Waals surface area contributed by atoms with Gasteiger partial charge in [0.2, 0.25) is 10.1 Å². The number of piperidine rings is 1. The zero-order chi connectivity index (χ0) is 20.4. The molecule has 8 heteroatoms. The van der Waals surface area contributed by atoms with Crippen LogP contribution in [0.1, 0.15) is 48.2 Å². The first kappa shape index (κ1) is 19.6. The van der Waals surface area contributed by atoms with Crippen molar-refractivity contribution in [2.75, 3.05) is 18.0 Å². The van der Waals surface area contributed by atoms with Crippen molar-refractivity contribution in [3.63, 3.8) is 0 Å². The highest BCUT2D eigenvalue weighted by Gasteiger charge is 2.21. The molecule has 0 aliphatic carbocycles. The summed E-state index contributed by atoms with van der Waals surface area (Å²) in [6, 6.07) is 8.06. The minimum absolute atomic E-state index is 0.0109. The third kappa shape index (κ3) is 4.17. The van der Waals surface area contributed by atoms with Crippen LogP contribution in [0.25, 0.3) is 4.96 Å². The number of aryl methyl sites for hydroxylation is 1. The summed E-state index contributed by atoms with van der Waals surface area (Å²) in [5.41, 5.74) is 1.81. The Labute approximate surface area is 173 Å². The Balaban J connectivity index is 1.50. The molecule has 29 heavy (non-hydrogen) atoms. The van der Waals surface area contributed by atoms with Gasteiger partial charge in [-0.05, 0) is 36.3 Å². The second-order valence-electron chi connectivity index (χ2n) is 7.58. The maximum Gasteiger partial charge on any atom is 0.288 e. The molecule has 3 aromatic rings. The zero-order valence-corrected chi connectivity index (χ0v) is 17.5. The summed E-state index contributed by atoms with van der Waals surface area (Å²) < 4.78 is 1.25. The molecule has 1 amide bonds. The summed E-state index contributed by atoms with van der Waals surface area (Å²) in [5.74, 6) is 0.285. The monoisotopic (exact) mass is 411 g/mol. The van der Waals surface area contributed by atoms with Crippen LogP contribution in [0.4, 0.5) is 5.13 Å². The summed E-state index contributed by atoms with van der Waals surface area (Å²) in [6.45, 7) is 6.58. The van der Waals surface area contributed by atoms with Gasteiger partial charge in [0.15, 0.2) is 0 Å². The fraction of sp³-hybridized carbons (Fsp3) is 0.429. The average Bonchev–Trinajstić information content (AvgIpc) is 3.18. The summed E-state index contributed by atoms with van der Waals surface area (Å²) in [6.07, 6.45) is 4.56. The minimum Gasteiger partial charge on any atom is -0.348 e. The van der Waals surface area contributed by atoms with Crippen molar-refractivity contribution < 1.29 is 4.79 Å². The van der Waals surface area contributed by atoms with E-state index < -0.39 is 11.5 Å². The highest BCUT2D eigenvalue weighted by atomic mass is 32.1. The first-order valence-corrected chi connectivity index (χ1v) is 10.9. The number of carbonyl (C=O) groups is 1. The summed E-state index contributed by atoms with van der Waals surface area (Å²) in [7, 11) is 0. The van der Waals surface area contributed by atoms with Gasteiger partial charge in [0.1, 0.15) is 5.56 Å². The van der Waals surface area contributed by atoms with E-state index >= 15 is 0 Å². The Kier molecular flexibility index (Phi) is 5.62. The number of aromatic nitrogens is 3. The molecule has 2 aromatic heterocycles. The van der Waals surface area contributed by atoms with Crippen molar-refractivity contribution in [2.24, 2.45) is 5.92 Å². The molecule has 0 bridgehead atoms. The molecule has 0 unspecified atom stereocenters. The first-order valence-electron chi connectivity index (χ1n) is 10.0. The lowest BCUT2D eigenvalue weighted by Crippen LogP contribution is -2.33. The molecule has 0 atom stereocenters. The fourth-order valence-electron chi connectivity index (χ4n) is 3.43. The number of nitrogens with one attached hydrogen (secondary N) is 1. The Morgan fingerprint density at radius 2 is 1.90 bits per heavy atom. The molecule has 1 aliphatic heterocycles. The van der Waals surface area contributed by atoms with E-state index in [1.165, 1.54) is 27.6 Å². The van der Waals surface area contributed by atoms with E-state index in [0.717, 1.165) is 49.0 Å². The van der Waals surface area contributed by atoms with Crippen molar-refractivity contribution in [3.8, 4) is 0 Å². The van der Waals surface area contributed by atoms with Crippen LogP contribution in [-0.2, 0) is 13.0 Å². The van der Waals surface area contributed by atoms with Gasteiger partial charge in [-0.1, -0.05) is 49.4 Å². The molecule has 7 nitrogen and oxygen atoms in total. The molecule has 1 N–H and O–H groups in total. The number of nitrogens with zero attached hydrogens (tertiary/aromatic N) is 4. The fourth-order valence-corrected chi connectivity index (χ4v) is 4.34. The third-order valence-corrected chi connectivity index (χ3v) is 6.44. The molecule has 3 heterocycles. The van der Waals surface area contributed by atoms with Gasteiger partial charge >= 0.3 is 0 Å². The van der Waals surface area contributed by atoms with Gasteiger partial charge in [0, 0.05) is 25.8 Å². The van der Waals surface area contributed by atoms with Crippen LogP contribution in [-0.4, -0.2) is 33.6 Å². The van der Waals surface area contributed by atoms with E-state index in [9.17, 15) is 9.59 Å². The molecule has 0 saturated carbocycles. The number of fused-ring (bicyclic) bond motifs is 1. The van der Waals surface area contributed by atoms with Gasteiger partial charge in [-0.25, -0.2) is 4.98 Å². The Morgan fingerprint density at radius 3 is 2.59 bits per heavy atom. The smallest absolute Gasteiger partial charge is 0.288 e. The highest BCUT2D eigenvalue weighted by molar-refractivity contribution is 7.20. The summed E-state index contributed by atoms with van der Waals surface area (Å²) in [5, 5.41) is 8.04. The van der Waals surface area contributed by atoms with Gasteiger partial charge in [-0.3, -0.25) is 9.59 Å². The molecule has 1 aromatic carbocycles. The quantitative estimate of drug-likeness (QED) is 0.698. The third-order valence-electron chi connectivity index (χ3n) is 5.46. The van der Waals surface area contributed by atoms with Gasteiger partial charge < -0.3 is 10.2 Å². The molecule has 1 aliphatic rings. The molecule has 1 saturated heterocycles. The van der Waals surface area contributed by atoms with Crippen molar-refractivity contribution in [1.82, 2.24) is 19.9 Å². The van der Waals surface area contributed by atoms with Crippen LogP contribution in [0.5, 0.6) is 0 Å². The number of anilines is 1. The van der Waals surface area contributed by atoms with E-state index in [1.54, 1.807) is 0 Å². The maximum absolute atomic E-state index is 12.8. The van der Waals surface area contributed by atoms with E-state index in [-0.39, 0.29) is 5.56 Å². The topological polar surface area (TPSA) is 79.6 Å². The molecule has 0 radical (unpaired) electrons. The second kappa shape index (κ2) is 8.32. The number of hydrogen-bond acceptors (Lipinski definition) is 6. The number of amides is 1. The van der Waals surface area contributed by atoms with E-state index in [2.05, 4.69) is 34.1 Å². The van der Waals surface area contributed by atoms with Crippen LogP contribution in [0.15, 0.2) is 35.3 Å². The van der Waals surface area contributed by atoms with Crippen LogP contribution in [0, 0.1) is 5.92 Å². The molecule has 152 valence electrons. The predicted octanol–water partition coefficient (Wildman–Crippen LogP) is 2.88. The van der Waals surface area contributed by atoms with Gasteiger partial charge in [-0.2, -0.15) is 4.52 Å². The second-order valence-corrected chi connectivity index (χ2v) is 8.51. The summed E-state index contributed by atoms with van der Waals surface area (Å²) >= 11 is 1.39. The van der Waals surface area contributed by atoms with E-state index in [1.807, 2.05) is 24.3 Å². The lowest BCUT2D eigenvalue weighted by atomic mass is 10.00. The van der Waals surface area contributed by atoms with Crippen molar-refractivity contribution >= 4 is 27.3 Å². The first-order chi connectivity index (χ1) is 14.0. The SMILES string of the molecule is CCc1ccc(CNC(=O)c2cnc3sc(N4CCC(C)CC4)nn3c2=O)cc1. The molecule has 4 rings (SSSR count). The Morgan fingerprint density at radius 1 is 1.21 bits per heavy atom. The highest BCUT2D eigenvalue weighted by Crippen LogP contribution is 2.26. The molecular weight excluding hydrogens is 386 g/mol. The van der Waals surface area contributed by atoms with Crippen LogP contribution >= 0.6 is 11.3 Å². The number of carbonyl (C=O) groups excluding carboxylic acids is 1. The average molecular weight is 412 g/mol. The Bertz CT molecular complexity index is 1060. The largest absolute Gasteiger partial charge is 0.348 e. The normalized spacial score (nSPS) is 15.0. The lowest BCUT2D eigenvalue weighted by Gasteiger charge is -2.29. The van der Waals surface area contributed by atoms with E-state index in [0.29, 0.717) is 11.5 Å². The van der Waals surface area contributed by atoms with Crippen molar-refractivity contribution in [2.45, 2.75) is 39.7 Å². The lowest BCUT2D eigenvalue weighted by molar-refractivity contribution is 0.0948. The maximum atomic E-state index is 12.8. The standard InChI is InChI=1S/C21H25N5O2S/c1-3-15-4-6-16(7-5-15)12-22-18(27)17-13-23-20-26(19(17)28)24-21(29-20)25-10-8-14(2)9-11-25/h4-7,13-14H,3,8-12H2,1-2H3,(H,22,27). The van der Waals surface area contributed by atoms with Gasteiger partial charge in [-0.15, -0.1) is 5.10 Å². The van der Waals surface area contributed by atoms with Crippen molar-refractivity contribution in [3.05, 3.63) is 57.5 Å². The molecular formula is C21H25N5O2S. The molecule has 1 fully saturated rings. The van der Waals surface area contributed by atoms with Crippen molar-refractivity contribution in [1.29, 1.82) is 0 Å². The zero-order valence-electron chi connectivity index (χ0n) is 16.7. The predicted molar refractivity (Wildman–Crippen MR) is 115 cm³/mol. The number of rotatable bonds is 5. The number of hydrogen-bond donors (Lipinski definition) is 1. The molecule has 0 spiro atoms. The van der Waals surface area contributed by atoms with Crippen LogP contribution in [0.2, 0.25) is 0 Å². The van der Waals surface area contributed by atoms with Crippen LogP contribution in [0.3, 0.4) is 0 Å². The van der Waals surface area contributed by atoms with Crippen LogP contribution < -0.4 is 15.8 Å². The summed E-state index contributed by atoms with van der Waals surface area (Å²) in [4.78, 5) is 32.4.